The van der Waals surface area contributed by atoms with Crippen LogP contribution < -0.4 is 10.5 Å². The molecule has 17 heavy (non-hydrogen) atoms. The molecule has 2 rings (SSSR count). The van der Waals surface area contributed by atoms with E-state index in [2.05, 4.69) is 16.4 Å². The molecular weight excluding hydrogens is 234 g/mol. The molecule has 4 nitrogen and oxygen atoms in total. The van der Waals surface area contributed by atoms with Crippen LogP contribution in [0, 0.1) is 5.41 Å². The standard InChI is InChI=1S/C12H13N3OS/c13-12(14)11-4-3-9(8-15-11)16-6-5-10-2-1-7-17-10/h1-4,7-8H,5-6H2,(H3,13,14). The molecule has 0 aromatic carbocycles. The monoisotopic (exact) mass is 247 g/mol. The summed E-state index contributed by atoms with van der Waals surface area (Å²) in [6.45, 7) is 0.627. The Morgan fingerprint density at radius 1 is 1.41 bits per heavy atom. The number of aromatic nitrogens is 1. The minimum atomic E-state index is -0.0323. The molecule has 0 spiro atoms. The van der Waals surface area contributed by atoms with Crippen LogP contribution in [0.5, 0.6) is 5.75 Å². The largest absolute Gasteiger partial charge is 0.492 e. The van der Waals surface area contributed by atoms with E-state index in [0.29, 0.717) is 18.1 Å². The fraction of sp³-hybridized carbons (Fsp3) is 0.167. The van der Waals surface area contributed by atoms with Crippen molar-refractivity contribution in [3.8, 4) is 5.75 Å². The van der Waals surface area contributed by atoms with Crippen molar-refractivity contribution >= 4 is 17.2 Å². The minimum Gasteiger partial charge on any atom is -0.492 e. The molecule has 2 heterocycles. The number of hydrogen-bond acceptors (Lipinski definition) is 4. The van der Waals surface area contributed by atoms with E-state index in [-0.39, 0.29) is 5.84 Å². The second-order valence-corrected chi connectivity index (χ2v) is 4.50. The van der Waals surface area contributed by atoms with Gasteiger partial charge in [-0.15, -0.1) is 11.3 Å². The van der Waals surface area contributed by atoms with Crippen LogP contribution in [0.2, 0.25) is 0 Å². The SMILES string of the molecule is N=C(N)c1ccc(OCCc2cccs2)cn1. The number of nitrogens with one attached hydrogen (secondary N) is 1. The quantitative estimate of drug-likeness (QED) is 0.627. The molecule has 0 aliphatic rings. The number of hydrogen-bond donors (Lipinski definition) is 2. The van der Waals surface area contributed by atoms with E-state index < -0.39 is 0 Å². The minimum absolute atomic E-state index is 0.0323. The average molecular weight is 247 g/mol. The number of nitrogens with two attached hydrogens (primary N) is 1. The Morgan fingerprint density at radius 3 is 2.88 bits per heavy atom. The van der Waals surface area contributed by atoms with Gasteiger partial charge in [-0.3, -0.25) is 5.41 Å². The summed E-state index contributed by atoms with van der Waals surface area (Å²) in [6.07, 6.45) is 2.48. The first-order chi connectivity index (χ1) is 8.25. The Bertz CT molecular complexity index is 479. The summed E-state index contributed by atoms with van der Waals surface area (Å²) in [6, 6.07) is 7.58. The third-order valence-corrected chi connectivity index (χ3v) is 3.15. The molecule has 0 atom stereocenters. The van der Waals surface area contributed by atoms with Gasteiger partial charge in [0.2, 0.25) is 0 Å². The second kappa shape index (κ2) is 5.45. The summed E-state index contributed by atoms with van der Waals surface area (Å²) < 4.78 is 5.55. The molecule has 0 amide bonds. The van der Waals surface area contributed by atoms with Crippen molar-refractivity contribution in [1.82, 2.24) is 4.98 Å². The molecule has 0 radical (unpaired) electrons. The van der Waals surface area contributed by atoms with Crippen molar-refractivity contribution < 1.29 is 4.74 Å². The summed E-state index contributed by atoms with van der Waals surface area (Å²) in [5.74, 6) is 0.668. The molecule has 5 heteroatoms. The zero-order valence-corrected chi connectivity index (χ0v) is 10.0. The lowest BCUT2D eigenvalue weighted by atomic mass is 10.3. The molecule has 0 saturated heterocycles. The Hall–Kier alpha value is -1.88. The zero-order valence-electron chi connectivity index (χ0n) is 9.22. The maximum atomic E-state index is 7.21. The topological polar surface area (TPSA) is 72.0 Å². The van der Waals surface area contributed by atoms with Crippen LogP contribution in [0.25, 0.3) is 0 Å². The zero-order chi connectivity index (χ0) is 12.1. The van der Waals surface area contributed by atoms with Crippen molar-refractivity contribution in [3.63, 3.8) is 0 Å². The van der Waals surface area contributed by atoms with Crippen LogP contribution in [0.4, 0.5) is 0 Å². The summed E-state index contributed by atoms with van der Waals surface area (Å²) >= 11 is 1.72. The molecule has 0 unspecified atom stereocenters. The van der Waals surface area contributed by atoms with Crippen LogP contribution >= 0.6 is 11.3 Å². The lowest BCUT2D eigenvalue weighted by Crippen LogP contribution is -2.12. The molecule has 3 N–H and O–H groups in total. The van der Waals surface area contributed by atoms with Crippen LogP contribution in [0.3, 0.4) is 0 Å². The summed E-state index contributed by atoms with van der Waals surface area (Å²) in [4.78, 5) is 5.33. The summed E-state index contributed by atoms with van der Waals surface area (Å²) in [7, 11) is 0. The van der Waals surface area contributed by atoms with E-state index in [9.17, 15) is 0 Å². The molecule has 0 aliphatic carbocycles. The van der Waals surface area contributed by atoms with E-state index in [0.717, 1.165) is 6.42 Å². The van der Waals surface area contributed by atoms with Crippen LogP contribution in [-0.2, 0) is 6.42 Å². The highest BCUT2D eigenvalue weighted by atomic mass is 32.1. The smallest absolute Gasteiger partial charge is 0.141 e. The first-order valence-corrected chi connectivity index (χ1v) is 6.09. The predicted octanol–water partition coefficient (Wildman–Crippen LogP) is 2.05. The predicted molar refractivity (Wildman–Crippen MR) is 68.8 cm³/mol. The van der Waals surface area contributed by atoms with Gasteiger partial charge in [0.15, 0.2) is 0 Å². The third-order valence-electron chi connectivity index (χ3n) is 2.21. The Morgan fingerprint density at radius 2 is 2.29 bits per heavy atom. The van der Waals surface area contributed by atoms with Gasteiger partial charge in [-0.1, -0.05) is 6.07 Å². The second-order valence-electron chi connectivity index (χ2n) is 3.47. The number of amidine groups is 1. The first-order valence-electron chi connectivity index (χ1n) is 5.21. The van der Waals surface area contributed by atoms with E-state index >= 15 is 0 Å². The Balaban J connectivity index is 1.85. The van der Waals surface area contributed by atoms with Crippen LogP contribution in [0.15, 0.2) is 35.8 Å². The van der Waals surface area contributed by atoms with Crippen molar-refractivity contribution in [3.05, 3.63) is 46.4 Å². The van der Waals surface area contributed by atoms with Gasteiger partial charge in [-0.2, -0.15) is 0 Å². The maximum absolute atomic E-state index is 7.21. The van der Waals surface area contributed by atoms with E-state index in [1.165, 1.54) is 4.88 Å². The van der Waals surface area contributed by atoms with Crippen LogP contribution in [0.1, 0.15) is 10.6 Å². The Kier molecular flexibility index (Phi) is 3.72. The number of nitrogens with zero attached hydrogens (tertiary/aromatic N) is 1. The highest BCUT2D eigenvalue weighted by Gasteiger charge is 2.00. The Labute approximate surface area is 104 Å². The number of thiophene rings is 1. The van der Waals surface area contributed by atoms with Gasteiger partial charge in [0, 0.05) is 11.3 Å². The lowest BCUT2D eigenvalue weighted by Gasteiger charge is -2.05. The highest BCUT2D eigenvalue weighted by molar-refractivity contribution is 7.09. The molecule has 0 aliphatic heterocycles. The van der Waals surface area contributed by atoms with E-state index in [1.54, 1.807) is 29.7 Å². The van der Waals surface area contributed by atoms with Gasteiger partial charge >= 0.3 is 0 Å². The molecule has 2 aromatic heterocycles. The molecule has 0 saturated carbocycles. The van der Waals surface area contributed by atoms with Gasteiger partial charge in [0.1, 0.15) is 17.3 Å². The normalized spacial score (nSPS) is 10.1. The molecule has 2 aromatic rings. The molecular formula is C12H13N3OS. The number of ether oxygens (including phenoxy) is 1. The summed E-state index contributed by atoms with van der Waals surface area (Å²) in [5.41, 5.74) is 5.78. The summed E-state index contributed by atoms with van der Waals surface area (Å²) in [5, 5.41) is 9.27. The van der Waals surface area contributed by atoms with E-state index in [4.69, 9.17) is 15.9 Å². The fourth-order valence-electron chi connectivity index (χ4n) is 1.35. The van der Waals surface area contributed by atoms with Crippen LogP contribution in [-0.4, -0.2) is 17.4 Å². The average Bonchev–Trinajstić information content (AvgIpc) is 2.83. The molecule has 88 valence electrons. The number of pyridine rings is 1. The number of nitrogen functional groups attached to an aromatic ring is 1. The van der Waals surface area contributed by atoms with Gasteiger partial charge in [0.05, 0.1) is 12.8 Å². The van der Waals surface area contributed by atoms with Gasteiger partial charge < -0.3 is 10.5 Å². The fourth-order valence-corrected chi connectivity index (χ4v) is 2.04. The first kappa shape index (κ1) is 11.6. The third kappa shape index (κ3) is 3.29. The maximum Gasteiger partial charge on any atom is 0.141 e. The van der Waals surface area contributed by atoms with Crippen molar-refractivity contribution in [1.29, 1.82) is 5.41 Å². The van der Waals surface area contributed by atoms with E-state index in [1.807, 2.05) is 6.07 Å². The van der Waals surface area contributed by atoms with Gasteiger partial charge in [-0.05, 0) is 23.6 Å². The molecule has 0 fully saturated rings. The highest BCUT2D eigenvalue weighted by Crippen LogP contribution is 2.12. The van der Waals surface area contributed by atoms with Gasteiger partial charge in [0.25, 0.3) is 0 Å². The van der Waals surface area contributed by atoms with Gasteiger partial charge in [-0.25, -0.2) is 4.98 Å². The number of rotatable bonds is 5. The lowest BCUT2D eigenvalue weighted by molar-refractivity contribution is 0.321. The van der Waals surface area contributed by atoms with Crippen molar-refractivity contribution in [2.45, 2.75) is 6.42 Å². The van der Waals surface area contributed by atoms with Crippen molar-refractivity contribution in [2.75, 3.05) is 6.61 Å². The van der Waals surface area contributed by atoms with Crippen molar-refractivity contribution in [2.24, 2.45) is 5.73 Å². The molecule has 0 bridgehead atoms.